The molecule has 0 radical (unpaired) electrons. The SMILES string of the molecule is CC[n+]1cc(Nc2c(C(=O)C3CC3)cnc3ccc(-c4cc(Cl)c(O)c(Cl)c4)cc23)cnc1N1CCCC(N)C1. The first-order chi connectivity index (χ1) is 19.3. The van der Waals surface area contributed by atoms with Crippen molar-refractivity contribution in [2.45, 2.75) is 45.2 Å². The molecule has 1 aliphatic heterocycles. The second-order valence-electron chi connectivity index (χ2n) is 10.6. The van der Waals surface area contributed by atoms with Gasteiger partial charge in [0.05, 0.1) is 52.6 Å². The van der Waals surface area contributed by atoms with Gasteiger partial charge in [-0.25, -0.2) is 4.57 Å². The van der Waals surface area contributed by atoms with Crippen LogP contribution in [0.15, 0.2) is 48.9 Å². The molecule has 40 heavy (non-hydrogen) atoms. The summed E-state index contributed by atoms with van der Waals surface area (Å²) in [7, 11) is 0. The molecule has 0 bridgehead atoms. The average Bonchev–Trinajstić information content (AvgIpc) is 3.81. The van der Waals surface area contributed by atoms with Crippen LogP contribution in [0.3, 0.4) is 0 Å². The summed E-state index contributed by atoms with van der Waals surface area (Å²) < 4.78 is 2.11. The van der Waals surface area contributed by atoms with Crippen molar-refractivity contribution >= 4 is 57.2 Å². The fourth-order valence-corrected chi connectivity index (χ4v) is 5.84. The van der Waals surface area contributed by atoms with Gasteiger partial charge in [0.25, 0.3) is 0 Å². The number of benzene rings is 2. The number of fused-ring (bicyclic) bond motifs is 1. The summed E-state index contributed by atoms with van der Waals surface area (Å²) in [5.74, 6) is 0.858. The summed E-state index contributed by atoms with van der Waals surface area (Å²) in [6.45, 7) is 4.53. The maximum absolute atomic E-state index is 13.4. The number of piperidine rings is 1. The smallest absolute Gasteiger partial charge is 0.394 e. The third-order valence-corrected chi connectivity index (χ3v) is 8.23. The van der Waals surface area contributed by atoms with Crippen molar-refractivity contribution in [3.8, 4) is 16.9 Å². The minimum Gasteiger partial charge on any atom is -0.505 e. The number of Topliss-reactive ketones (excluding diaryl/α,β-unsaturated/α-hetero) is 1. The number of carbonyl (C=O) groups excluding carboxylic acids is 1. The Morgan fingerprint density at radius 3 is 2.60 bits per heavy atom. The number of halogens is 2. The van der Waals surface area contributed by atoms with Crippen LogP contribution in [-0.2, 0) is 6.54 Å². The molecule has 0 amide bonds. The van der Waals surface area contributed by atoms with Gasteiger partial charge in [-0.3, -0.25) is 14.7 Å². The van der Waals surface area contributed by atoms with Gasteiger partial charge in [0.1, 0.15) is 11.9 Å². The van der Waals surface area contributed by atoms with E-state index < -0.39 is 0 Å². The van der Waals surface area contributed by atoms with Crippen molar-refractivity contribution in [2.75, 3.05) is 23.3 Å². The first kappa shape index (κ1) is 26.7. The van der Waals surface area contributed by atoms with E-state index in [1.165, 1.54) is 0 Å². The molecule has 206 valence electrons. The lowest BCUT2D eigenvalue weighted by atomic mass is 9.99. The summed E-state index contributed by atoms with van der Waals surface area (Å²) in [5.41, 5.74) is 10.6. The molecule has 1 saturated carbocycles. The normalized spacial score (nSPS) is 17.3. The van der Waals surface area contributed by atoms with Crippen molar-refractivity contribution in [3.63, 3.8) is 0 Å². The van der Waals surface area contributed by atoms with E-state index in [1.807, 2.05) is 30.6 Å². The average molecular weight is 579 g/mol. The molecule has 6 rings (SSSR count). The first-order valence-electron chi connectivity index (χ1n) is 13.6. The zero-order valence-electron chi connectivity index (χ0n) is 22.2. The predicted molar refractivity (Wildman–Crippen MR) is 159 cm³/mol. The number of anilines is 3. The quantitative estimate of drug-likeness (QED) is 0.186. The van der Waals surface area contributed by atoms with E-state index in [0.717, 1.165) is 79.0 Å². The van der Waals surface area contributed by atoms with Crippen LogP contribution in [0, 0.1) is 5.92 Å². The summed E-state index contributed by atoms with van der Waals surface area (Å²) in [5, 5.41) is 14.7. The molecule has 2 aromatic heterocycles. The number of carbonyl (C=O) groups is 1. The summed E-state index contributed by atoms with van der Waals surface area (Å²) in [6, 6.07) is 9.28. The number of nitrogens with one attached hydrogen (secondary N) is 1. The Morgan fingerprint density at radius 1 is 1.12 bits per heavy atom. The van der Waals surface area contributed by atoms with Crippen LogP contribution in [-0.4, -0.2) is 40.0 Å². The number of rotatable bonds is 7. The lowest BCUT2D eigenvalue weighted by Gasteiger charge is -2.27. The van der Waals surface area contributed by atoms with Gasteiger partial charge >= 0.3 is 5.95 Å². The van der Waals surface area contributed by atoms with Crippen LogP contribution in [0.5, 0.6) is 5.75 Å². The Kier molecular flexibility index (Phi) is 7.25. The van der Waals surface area contributed by atoms with Crippen molar-refractivity contribution in [3.05, 3.63) is 64.5 Å². The zero-order valence-corrected chi connectivity index (χ0v) is 23.7. The number of aryl methyl sites for hydroxylation is 1. The van der Waals surface area contributed by atoms with Crippen LogP contribution in [0.25, 0.3) is 22.0 Å². The van der Waals surface area contributed by atoms with Gasteiger partial charge < -0.3 is 16.2 Å². The highest BCUT2D eigenvalue weighted by Gasteiger charge is 2.33. The molecule has 1 unspecified atom stereocenters. The molecule has 1 atom stereocenters. The van der Waals surface area contributed by atoms with Crippen molar-refractivity contribution in [2.24, 2.45) is 11.7 Å². The third kappa shape index (κ3) is 5.19. The standard InChI is InChI=1S/C30H30Cl2N6O2/c1-2-37-16-21(13-35-30(37)38-9-3-4-20(33)15-38)36-27-22-10-18(19-11-24(31)29(40)25(32)12-19)7-8-26(22)34-14-23(27)28(39)17-5-6-17/h7-8,10-14,16-17,20H,2-6,9,15,33H2,1H3,(H-,34,36,39,40)/p+1. The predicted octanol–water partition coefficient (Wildman–Crippen LogP) is 5.88. The first-order valence-corrected chi connectivity index (χ1v) is 14.4. The second-order valence-corrected chi connectivity index (χ2v) is 11.4. The Hall–Kier alpha value is -3.46. The van der Waals surface area contributed by atoms with E-state index in [1.54, 1.807) is 18.3 Å². The summed E-state index contributed by atoms with van der Waals surface area (Å²) in [6.07, 6.45) is 9.37. The number of nitrogens with zero attached hydrogens (tertiary/aromatic N) is 4. The van der Waals surface area contributed by atoms with Gasteiger partial charge in [-0.05, 0) is 68.0 Å². The highest BCUT2D eigenvalue weighted by Crippen LogP contribution is 2.40. The largest absolute Gasteiger partial charge is 0.505 e. The molecule has 3 heterocycles. The summed E-state index contributed by atoms with van der Waals surface area (Å²) in [4.78, 5) is 25.1. The van der Waals surface area contributed by atoms with Gasteiger partial charge in [0, 0.05) is 23.5 Å². The highest BCUT2D eigenvalue weighted by atomic mass is 35.5. The molecule has 2 aromatic carbocycles. The van der Waals surface area contributed by atoms with Crippen molar-refractivity contribution in [1.29, 1.82) is 0 Å². The second kappa shape index (κ2) is 10.8. The van der Waals surface area contributed by atoms with E-state index in [0.29, 0.717) is 11.3 Å². The van der Waals surface area contributed by atoms with Crippen LogP contribution in [0.4, 0.5) is 17.3 Å². The maximum Gasteiger partial charge on any atom is 0.394 e. The Balaban J connectivity index is 1.44. The number of nitrogens with two attached hydrogens (primary N) is 1. The van der Waals surface area contributed by atoms with Gasteiger partial charge in [0.2, 0.25) is 0 Å². The number of pyridine rings is 1. The molecule has 0 spiro atoms. The Bertz CT molecular complexity index is 1600. The molecule has 4 N–H and O–H groups in total. The monoisotopic (exact) mass is 577 g/mol. The Labute approximate surface area is 242 Å². The molecule has 1 aliphatic carbocycles. The third-order valence-electron chi connectivity index (χ3n) is 7.65. The highest BCUT2D eigenvalue weighted by molar-refractivity contribution is 6.37. The summed E-state index contributed by atoms with van der Waals surface area (Å²) >= 11 is 12.4. The maximum atomic E-state index is 13.4. The molecule has 1 saturated heterocycles. The lowest BCUT2D eigenvalue weighted by molar-refractivity contribution is -0.683. The number of hydrogen-bond acceptors (Lipinski definition) is 7. The van der Waals surface area contributed by atoms with E-state index >= 15 is 0 Å². The van der Waals surface area contributed by atoms with E-state index in [4.69, 9.17) is 33.9 Å². The van der Waals surface area contributed by atoms with Crippen molar-refractivity contribution < 1.29 is 14.5 Å². The molecular formula is C30H31Cl2N6O2+. The minimum absolute atomic E-state index is 0.0297. The van der Waals surface area contributed by atoms with Gasteiger partial charge in [0.15, 0.2) is 11.5 Å². The Morgan fingerprint density at radius 2 is 1.90 bits per heavy atom. The van der Waals surface area contributed by atoms with Crippen LogP contribution >= 0.6 is 23.2 Å². The molecule has 10 heteroatoms. The molecular weight excluding hydrogens is 547 g/mol. The fourth-order valence-electron chi connectivity index (χ4n) is 5.35. The van der Waals surface area contributed by atoms with Gasteiger partial charge in [-0.15, -0.1) is 0 Å². The number of hydrogen-bond donors (Lipinski definition) is 3. The van der Waals surface area contributed by atoms with E-state index in [2.05, 4.69) is 26.7 Å². The molecule has 2 aliphatic rings. The van der Waals surface area contributed by atoms with Crippen LogP contribution in [0.2, 0.25) is 10.0 Å². The fraction of sp³-hybridized carbons (Fsp3) is 0.333. The number of phenolic OH excluding ortho intramolecular Hbond substituents is 1. The topological polar surface area (TPSA) is 108 Å². The number of phenols is 1. The minimum atomic E-state index is -0.152. The van der Waals surface area contributed by atoms with E-state index in [9.17, 15) is 9.90 Å². The zero-order chi connectivity index (χ0) is 28.0. The molecule has 4 aromatic rings. The van der Waals surface area contributed by atoms with Crippen LogP contribution in [0.1, 0.15) is 43.0 Å². The van der Waals surface area contributed by atoms with Crippen LogP contribution < -0.4 is 20.5 Å². The van der Waals surface area contributed by atoms with E-state index in [-0.39, 0.29) is 33.5 Å². The van der Waals surface area contributed by atoms with Gasteiger partial charge in [-0.2, -0.15) is 0 Å². The van der Waals surface area contributed by atoms with Crippen molar-refractivity contribution in [1.82, 2.24) is 9.97 Å². The molecule has 2 fully saturated rings. The number of ketones is 1. The van der Waals surface area contributed by atoms with Gasteiger partial charge in [-0.1, -0.05) is 34.3 Å². The number of aromatic hydroxyl groups is 1. The molecule has 8 nitrogen and oxygen atoms in total. The lowest BCUT2D eigenvalue weighted by Crippen LogP contribution is -2.49. The number of aromatic nitrogens is 3.